The second-order valence-electron chi connectivity index (χ2n) is 8.87. The van der Waals surface area contributed by atoms with Gasteiger partial charge < -0.3 is 9.84 Å². The first kappa shape index (κ1) is 20.2. The van der Waals surface area contributed by atoms with Crippen molar-refractivity contribution in [1.82, 2.24) is 4.90 Å². The zero-order valence-electron chi connectivity index (χ0n) is 17.5. The summed E-state index contributed by atoms with van der Waals surface area (Å²) < 4.78 is 6.42. The number of carboxylic acids is 1. The van der Waals surface area contributed by atoms with Crippen molar-refractivity contribution in [2.24, 2.45) is 11.8 Å². The third kappa shape index (κ3) is 4.92. The number of hydrogen-bond donors (Lipinski definition) is 1. The van der Waals surface area contributed by atoms with E-state index in [1.807, 2.05) is 0 Å². The van der Waals surface area contributed by atoms with Gasteiger partial charge in [0.1, 0.15) is 5.75 Å². The maximum absolute atomic E-state index is 11.1. The van der Waals surface area contributed by atoms with E-state index in [1.54, 1.807) is 0 Å². The number of carboxylic acid groups (broad SMARTS) is 1. The SMILES string of the molecule is CC[C@H]1CC[C@H](Oc2cccc3cc(CN4CCC(C(=O)O)CC4)ccc23)CC1. The fourth-order valence-corrected chi connectivity index (χ4v) is 4.94. The van der Waals surface area contributed by atoms with Gasteiger partial charge in [0.25, 0.3) is 0 Å². The molecule has 0 amide bonds. The molecular formula is C25H33NO3. The molecule has 2 aromatic rings. The lowest BCUT2D eigenvalue weighted by Crippen LogP contribution is -2.35. The van der Waals surface area contributed by atoms with E-state index in [0.29, 0.717) is 6.10 Å². The number of aliphatic carboxylic acids is 1. The Kier molecular flexibility index (Phi) is 6.39. The summed E-state index contributed by atoms with van der Waals surface area (Å²) in [6, 6.07) is 13.0. The number of likely N-dealkylation sites (tertiary alicyclic amines) is 1. The standard InChI is InChI=1S/C25H33NO3/c1-2-18-6-9-22(10-7-18)29-24-5-3-4-21-16-19(8-11-23(21)24)17-26-14-12-20(13-15-26)25(27)28/h3-5,8,11,16,18,20,22H,2,6-7,9-10,12-15,17H2,1H3,(H,27,28)/t18-,22-. The van der Waals surface area contributed by atoms with Crippen LogP contribution in [0.4, 0.5) is 0 Å². The molecule has 1 aliphatic heterocycles. The minimum Gasteiger partial charge on any atom is -0.490 e. The molecule has 0 atom stereocenters. The number of hydrogen-bond acceptors (Lipinski definition) is 3. The molecule has 0 bridgehead atoms. The molecule has 2 aliphatic rings. The van der Waals surface area contributed by atoms with Gasteiger partial charge >= 0.3 is 5.97 Å². The molecule has 1 aliphatic carbocycles. The van der Waals surface area contributed by atoms with Crippen LogP contribution in [-0.2, 0) is 11.3 Å². The van der Waals surface area contributed by atoms with E-state index in [1.165, 1.54) is 48.4 Å². The van der Waals surface area contributed by atoms with Crippen molar-refractivity contribution in [3.8, 4) is 5.75 Å². The Labute approximate surface area is 173 Å². The number of carbonyl (C=O) groups is 1. The maximum Gasteiger partial charge on any atom is 0.306 e. The molecule has 0 radical (unpaired) electrons. The molecule has 2 aromatic carbocycles. The summed E-state index contributed by atoms with van der Waals surface area (Å²) in [6.07, 6.45) is 8.04. The zero-order valence-corrected chi connectivity index (χ0v) is 17.5. The van der Waals surface area contributed by atoms with Crippen LogP contribution in [0.5, 0.6) is 5.75 Å². The maximum atomic E-state index is 11.1. The van der Waals surface area contributed by atoms with Crippen molar-refractivity contribution in [2.45, 2.75) is 64.5 Å². The van der Waals surface area contributed by atoms with Crippen LogP contribution in [0, 0.1) is 11.8 Å². The van der Waals surface area contributed by atoms with E-state index < -0.39 is 5.97 Å². The first-order valence-corrected chi connectivity index (χ1v) is 11.3. The Balaban J connectivity index is 1.41. The van der Waals surface area contributed by atoms with Gasteiger partial charge in [-0.25, -0.2) is 0 Å². The van der Waals surface area contributed by atoms with Crippen LogP contribution in [-0.4, -0.2) is 35.2 Å². The minimum atomic E-state index is -0.647. The lowest BCUT2D eigenvalue weighted by Gasteiger charge is -2.30. The van der Waals surface area contributed by atoms with E-state index in [-0.39, 0.29) is 5.92 Å². The summed E-state index contributed by atoms with van der Waals surface area (Å²) in [5.74, 6) is 1.07. The van der Waals surface area contributed by atoms with E-state index in [2.05, 4.69) is 48.2 Å². The Morgan fingerprint density at radius 1 is 1.07 bits per heavy atom. The zero-order chi connectivity index (χ0) is 20.2. The lowest BCUT2D eigenvalue weighted by atomic mass is 9.86. The average Bonchev–Trinajstić information content (AvgIpc) is 2.75. The first-order valence-electron chi connectivity index (χ1n) is 11.3. The van der Waals surface area contributed by atoms with E-state index in [4.69, 9.17) is 4.74 Å². The number of piperidine rings is 1. The molecule has 29 heavy (non-hydrogen) atoms. The van der Waals surface area contributed by atoms with Crippen LogP contribution >= 0.6 is 0 Å². The van der Waals surface area contributed by atoms with Crippen LogP contribution in [0.3, 0.4) is 0 Å². The van der Waals surface area contributed by atoms with Crippen molar-refractivity contribution in [2.75, 3.05) is 13.1 Å². The normalized spacial score (nSPS) is 23.9. The summed E-state index contributed by atoms with van der Waals surface area (Å²) >= 11 is 0. The molecule has 1 saturated carbocycles. The van der Waals surface area contributed by atoms with E-state index in [0.717, 1.165) is 44.1 Å². The largest absolute Gasteiger partial charge is 0.490 e. The highest BCUT2D eigenvalue weighted by atomic mass is 16.5. The van der Waals surface area contributed by atoms with Gasteiger partial charge in [-0.3, -0.25) is 9.69 Å². The van der Waals surface area contributed by atoms with Crippen LogP contribution in [0.25, 0.3) is 10.8 Å². The van der Waals surface area contributed by atoms with Crippen molar-refractivity contribution in [1.29, 1.82) is 0 Å². The van der Waals surface area contributed by atoms with Crippen molar-refractivity contribution in [3.05, 3.63) is 42.0 Å². The summed E-state index contributed by atoms with van der Waals surface area (Å²) in [6.45, 7) is 4.90. The van der Waals surface area contributed by atoms with E-state index in [9.17, 15) is 9.90 Å². The molecule has 156 valence electrons. The van der Waals surface area contributed by atoms with Gasteiger partial charge in [-0.15, -0.1) is 0 Å². The fraction of sp³-hybridized carbons (Fsp3) is 0.560. The Morgan fingerprint density at radius 2 is 1.83 bits per heavy atom. The van der Waals surface area contributed by atoms with Gasteiger partial charge in [0.2, 0.25) is 0 Å². The number of benzene rings is 2. The summed E-state index contributed by atoms with van der Waals surface area (Å²) in [4.78, 5) is 13.5. The molecule has 1 heterocycles. The second kappa shape index (κ2) is 9.17. The number of ether oxygens (including phenoxy) is 1. The smallest absolute Gasteiger partial charge is 0.306 e. The Morgan fingerprint density at radius 3 is 2.52 bits per heavy atom. The summed E-state index contributed by atoms with van der Waals surface area (Å²) in [5.41, 5.74) is 1.28. The summed E-state index contributed by atoms with van der Waals surface area (Å²) in [5, 5.41) is 11.6. The number of rotatable bonds is 6. The highest BCUT2D eigenvalue weighted by molar-refractivity contribution is 5.88. The highest BCUT2D eigenvalue weighted by Gasteiger charge is 2.24. The average molecular weight is 396 g/mol. The van der Waals surface area contributed by atoms with Crippen molar-refractivity contribution < 1.29 is 14.6 Å². The van der Waals surface area contributed by atoms with Crippen LogP contribution in [0.2, 0.25) is 0 Å². The molecule has 1 N–H and O–H groups in total. The van der Waals surface area contributed by atoms with Crippen LogP contribution in [0.1, 0.15) is 57.4 Å². The quantitative estimate of drug-likeness (QED) is 0.703. The first-order chi connectivity index (χ1) is 14.1. The molecule has 2 fully saturated rings. The molecule has 0 aromatic heterocycles. The molecule has 4 nitrogen and oxygen atoms in total. The van der Waals surface area contributed by atoms with Crippen LogP contribution in [0.15, 0.2) is 36.4 Å². The molecule has 4 rings (SSSR count). The van der Waals surface area contributed by atoms with Crippen molar-refractivity contribution >= 4 is 16.7 Å². The molecular weight excluding hydrogens is 362 g/mol. The highest BCUT2D eigenvalue weighted by Crippen LogP contribution is 2.33. The van der Waals surface area contributed by atoms with Gasteiger partial charge in [0.05, 0.1) is 12.0 Å². The fourth-order valence-electron chi connectivity index (χ4n) is 4.94. The topological polar surface area (TPSA) is 49.8 Å². The molecule has 0 unspecified atom stereocenters. The van der Waals surface area contributed by atoms with Crippen molar-refractivity contribution in [3.63, 3.8) is 0 Å². The van der Waals surface area contributed by atoms with Gasteiger partial charge in [-0.05, 0) is 80.6 Å². The monoisotopic (exact) mass is 395 g/mol. The molecule has 4 heteroatoms. The van der Waals surface area contributed by atoms with E-state index >= 15 is 0 Å². The van der Waals surface area contributed by atoms with Gasteiger partial charge in [0, 0.05) is 11.9 Å². The lowest BCUT2D eigenvalue weighted by molar-refractivity contribution is -0.143. The third-order valence-corrected chi connectivity index (χ3v) is 6.91. The Bertz CT molecular complexity index is 833. The molecule has 0 spiro atoms. The van der Waals surface area contributed by atoms with Gasteiger partial charge in [-0.1, -0.05) is 37.6 Å². The second-order valence-corrected chi connectivity index (χ2v) is 8.87. The predicted molar refractivity (Wildman–Crippen MR) is 116 cm³/mol. The molecule has 1 saturated heterocycles. The third-order valence-electron chi connectivity index (χ3n) is 6.91. The summed E-state index contributed by atoms with van der Waals surface area (Å²) in [7, 11) is 0. The minimum absolute atomic E-state index is 0.171. The number of nitrogens with zero attached hydrogens (tertiary/aromatic N) is 1. The Hall–Kier alpha value is -2.07. The van der Waals surface area contributed by atoms with Crippen LogP contribution < -0.4 is 4.74 Å². The van der Waals surface area contributed by atoms with Gasteiger partial charge in [-0.2, -0.15) is 0 Å². The van der Waals surface area contributed by atoms with Gasteiger partial charge in [0.15, 0.2) is 0 Å². The predicted octanol–water partition coefficient (Wildman–Crippen LogP) is 5.48. The number of fused-ring (bicyclic) bond motifs is 1.